The highest BCUT2D eigenvalue weighted by atomic mass is 16.5. The van der Waals surface area contributed by atoms with Gasteiger partial charge >= 0.3 is 0 Å². The van der Waals surface area contributed by atoms with Crippen molar-refractivity contribution in [3.05, 3.63) is 30.6 Å². The van der Waals surface area contributed by atoms with Crippen molar-refractivity contribution < 1.29 is 9.84 Å². The molecule has 28 heavy (non-hydrogen) atoms. The fourth-order valence-corrected chi connectivity index (χ4v) is 3.68. The smallest absolute Gasteiger partial charge is 0.242 e. The predicted molar refractivity (Wildman–Crippen MR) is 105 cm³/mol. The molecular weight excluding hydrogens is 358 g/mol. The topological polar surface area (TPSA) is 92.4 Å². The molecule has 0 spiro atoms. The third-order valence-electron chi connectivity index (χ3n) is 5.31. The zero-order valence-electron chi connectivity index (χ0n) is 15.6. The van der Waals surface area contributed by atoms with E-state index in [0.717, 1.165) is 50.1 Å². The van der Waals surface area contributed by atoms with Gasteiger partial charge in [0.1, 0.15) is 6.33 Å². The minimum absolute atomic E-state index is 0.242. The van der Waals surface area contributed by atoms with E-state index in [1.165, 1.54) is 0 Å². The molecule has 9 nitrogen and oxygen atoms in total. The van der Waals surface area contributed by atoms with Gasteiger partial charge in [0.25, 0.3) is 0 Å². The number of rotatable bonds is 3. The first-order valence-corrected chi connectivity index (χ1v) is 9.72. The first kappa shape index (κ1) is 17.3. The second kappa shape index (κ2) is 7.33. The SMILES string of the molecule is OC1CCN(c2nc(N3CCOCC3)nc(-n3cnc4ccccc43)n2)CC1. The van der Waals surface area contributed by atoms with Crippen LogP contribution in [0.3, 0.4) is 0 Å². The summed E-state index contributed by atoms with van der Waals surface area (Å²) in [4.78, 5) is 23.0. The van der Waals surface area contributed by atoms with Crippen LogP contribution in [0.5, 0.6) is 0 Å². The van der Waals surface area contributed by atoms with Gasteiger partial charge in [-0.25, -0.2) is 4.98 Å². The average molecular weight is 381 g/mol. The minimum atomic E-state index is -0.242. The fourth-order valence-electron chi connectivity index (χ4n) is 3.68. The quantitative estimate of drug-likeness (QED) is 0.719. The lowest BCUT2D eigenvalue weighted by molar-refractivity contribution is 0.122. The van der Waals surface area contributed by atoms with Crippen molar-refractivity contribution in [2.24, 2.45) is 0 Å². The lowest BCUT2D eigenvalue weighted by Crippen LogP contribution is -2.40. The number of morpholine rings is 1. The normalized spacial score (nSPS) is 18.8. The molecule has 2 aliphatic heterocycles. The molecule has 2 saturated heterocycles. The second-order valence-electron chi connectivity index (χ2n) is 7.16. The molecule has 0 atom stereocenters. The lowest BCUT2D eigenvalue weighted by Gasteiger charge is -2.31. The molecule has 2 fully saturated rings. The number of piperidine rings is 1. The van der Waals surface area contributed by atoms with Gasteiger partial charge in [0.05, 0.1) is 30.4 Å². The number of anilines is 2. The number of hydrogen-bond acceptors (Lipinski definition) is 8. The zero-order valence-corrected chi connectivity index (χ0v) is 15.6. The zero-order chi connectivity index (χ0) is 18.9. The van der Waals surface area contributed by atoms with Gasteiger partial charge in [-0.05, 0) is 25.0 Å². The summed E-state index contributed by atoms with van der Waals surface area (Å²) >= 11 is 0. The molecule has 5 rings (SSSR count). The van der Waals surface area contributed by atoms with Crippen molar-refractivity contribution in [2.45, 2.75) is 18.9 Å². The van der Waals surface area contributed by atoms with E-state index in [2.05, 4.69) is 14.8 Å². The summed E-state index contributed by atoms with van der Waals surface area (Å²) in [5.74, 6) is 1.87. The molecule has 0 bridgehead atoms. The van der Waals surface area contributed by atoms with Crippen LogP contribution in [0.2, 0.25) is 0 Å². The van der Waals surface area contributed by atoms with Gasteiger partial charge < -0.3 is 19.6 Å². The summed E-state index contributed by atoms with van der Waals surface area (Å²) in [7, 11) is 0. The Morgan fingerprint density at radius 2 is 1.50 bits per heavy atom. The van der Waals surface area contributed by atoms with Crippen LogP contribution in [0.25, 0.3) is 17.0 Å². The summed E-state index contributed by atoms with van der Waals surface area (Å²) in [5.41, 5.74) is 1.86. The summed E-state index contributed by atoms with van der Waals surface area (Å²) in [5, 5.41) is 9.84. The van der Waals surface area contributed by atoms with Crippen molar-refractivity contribution in [1.82, 2.24) is 24.5 Å². The van der Waals surface area contributed by atoms with Gasteiger partial charge in [-0.2, -0.15) is 15.0 Å². The number of nitrogens with zero attached hydrogens (tertiary/aromatic N) is 7. The third kappa shape index (κ3) is 3.27. The van der Waals surface area contributed by atoms with E-state index in [1.54, 1.807) is 6.33 Å². The highest BCUT2D eigenvalue weighted by Crippen LogP contribution is 2.23. The van der Waals surface area contributed by atoms with E-state index >= 15 is 0 Å². The summed E-state index contributed by atoms with van der Waals surface area (Å²) in [6.07, 6.45) is 2.96. The second-order valence-corrected chi connectivity index (χ2v) is 7.16. The van der Waals surface area contributed by atoms with Crippen molar-refractivity contribution in [1.29, 1.82) is 0 Å². The molecule has 0 unspecified atom stereocenters. The summed E-state index contributed by atoms with van der Waals surface area (Å²) in [6, 6.07) is 7.94. The molecule has 146 valence electrons. The van der Waals surface area contributed by atoms with Crippen molar-refractivity contribution >= 4 is 22.9 Å². The number of aliphatic hydroxyl groups is 1. The van der Waals surface area contributed by atoms with E-state index in [1.807, 2.05) is 28.8 Å². The molecule has 0 amide bonds. The number of fused-ring (bicyclic) bond motifs is 1. The molecular formula is C19H23N7O2. The number of hydrogen-bond donors (Lipinski definition) is 1. The van der Waals surface area contributed by atoms with Crippen molar-refractivity contribution in [3.63, 3.8) is 0 Å². The van der Waals surface area contributed by atoms with E-state index in [9.17, 15) is 5.11 Å². The van der Waals surface area contributed by atoms with Gasteiger partial charge in [0, 0.05) is 26.2 Å². The molecule has 4 heterocycles. The Labute approximate surface area is 162 Å². The molecule has 9 heteroatoms. The van der Waals surface area contributed by atoms with Gasteiger partial charge in [-0.1, -0.05) is 12.1 Å². The van der Waals surface area contributed by atoms with Crippen molar-refractivity contribution in [2.75, 3.05) is 49.2 Å². The fraction of sp³-hybridized carbons (Fsp3) is 0.474. The van der Waals surface area contributed by atoms with Gasteiger partial charge in [-0.15, -0.1) is 0 Å². The highest BCUT2D eigenvalue weighted by molar-refractivity contribution is 5.76. The maximum Gasteiger partial charge on any atom is 0.242 e. The number of imidazole rings is 1. The standard InChI is InChI=1S/C19H23N7O2/c27-14-5-7-24(8-6-14)17-21-18(25-9-11-28-12-10-25)23-19(22-17)26-13-20-15-3-1-2-4-16(15)26/h1-4,13-14,27H,5-12H2. The molecule has 0 radical (unpaired) electrons. The van der Waals surface area contributed by atoms with Crippen LogP contribution in [0.4, 0.5) is 11.9 Å². The molecule has 0 aliphatic carbocycles. The van der Waals surface area contributed by atoms with Crippen LogP contribution in [-0.2, 0) is 4.74 Å². The Kier molecular flexibility index (Phi) is 4.53. The number of benzene rings is 1. The van der Waals surface area contributed by atoms with Crippen LogP contribution in [-0.4, -0.2) is 75.1 Å². The number of ether oxygens (including phenoxy) is 1. The monoisotopic (exact) mass is 381 g/mol. The van der Waals surface area contributed by atoms with E-state index in [0.29, 0.717) is 31.1 Å². The molecule has 0 saturated carbocycles. The summed E-state index contributed by atoms with van der Waals surface area (Å²) < 4.78 is 7.38. The van der Waals surface area contributed by atoms with E-state index in [-0.39, 0.29) is 6.10 Å². The van der Waals surface area contributed by atoms with Crippen LogP contribution >= 0.6 is 0 Å². The first-order chi connectivity index (χ1) is 13.8. The molecule has 1 N–H and O–H groups in total. The Hall–Kier alpha value is -2.78. The number of para-hydroxylation sites is 2. The minimum Gasteiger partial charge on any atom is -0.393 e. The van der Waals surface area contributed by atoms with Crippen molar-refractivity contribution in [3.8, 4) is 5.95 Å². The lowest BCUT2D eigenvalue weighted by atomic mass is 10.1. The largest absolute Gasteiger partial charge is 0.393 e. The van der Waals surface area contributed by atoms with E-state index < -0.39 is 0 Å². The van der Waals surface area contributed by atoms with Gasteiger partial charge in [0.15, 0.2) is 0 Å². The Bertz CT molecular complexity index is 962. The van der Waals surface area contributed by atoms with Crippen LogP contribution < -0.4 is 9.80 Å². The number of aromatic nitrogens is 5. The average Bonchev–Trinajstić information content (AvgIpc) is 3.19. The van der Waals surface area contributed by atoms with Crippen LogP contribution in [0.1, 0.15) is 12.8 Å². The molecule has 3 aromatic rings. The first-order valence-electron chi connectivity index (χ1n) is 9.72. The molecule has 2 aliphatic rings. The molecule has 1 aromatic carbocycles. The van der Waals surface area contributed by atoms with Gasteiger partial charge in [0.2, 0.25) is 17.8 Å². The maximum atomic E-state index is 9.84. The predicted octanol–water partition coefficient (Wildman–Crippen LogP) is 1.01. The summed E-state index contributed by atoms with van der Waals surface area (Å²) in [6.45, 7) is 4.31. The third-order valence-corrected chi connectivity index (χ3v) is 5.31. The highest BCUT2D eigenvalue weighted by Gasteiger charge is 2.23. The van der Waals surface area contributed by atoms with Crippen LogP contribution in [0.15, 0.2) is 30.6 Å². The Morgan fingerprint density at radius 3 is 2.25 bits per heavy atom. The van der Waals surface area contributed by atoms with Gasteiger partial charge in [-0.3, -0.25) is 4.57 Å². The Balaban J connectivity index is 1.58. The molecule has 2 aromatic heterocycles. The maximum absolute atomic E-state index is 9.84. The van der Waals surface area contributed by atoms with E-state index in [4.69, 9.17) is 19.7 Å². The Morgan fingerprint density at radius 1 is 0.857 bits per heavy atom. The van der Waals surface area contributed by atoms with Crippen LogP contribution in [0, 0.1) is 0 Å². The number of aliphatic hydroxyl groups excluding tert-OH is 1.